The lowest BCUT2D eigenvalue weighted by atomic mass is 10.2. The van der Waals surface area contributed by atoms with E-state index in [-0.39, 0.29) is 4.90 Å². The van der Waals surface area contributed by atoms with Gasteiger partial charge in [0.1, 0.15) is 4.90 Å². The SMILES string of the molecule is O=S(=O)(NCCCn1ccc2ccccc21)c1cn[nH]c1. The molecule has 2 aromatic heterocycles. The third-order valence-electron chi connectivity index (χ3n) is 3.33. The minimum atomic E-state index is -3.45. The molecule has 1 aromatic carbocycles. The fraction of sp³-hybridized carbons (Fsp3) is 0.214. The smallest absolute Gasteiger partial charge is 0.243 e. The molecule has 2 heterocycles. The van der Waals surface area contributed by atoms with Crippen molar-refractivity contribution in [1.29, 1.82) is 0 Å². The molecule has 0 fully saturated rings. The highest BCUT2D eigenvalue weighted by Crippen LogP contribution is 2.15. The van der Waals surface area contributed by atoms with Crippen LogP contribution in [-0.4, -0.2) is 29.7 Å². The standard InChI is InChI=1S/C14H16N4O2S/c19-21(20,13-10-15-16-11-13)17-7-3-8-18-9-6-12-4-1-2-5-14(12)18/h1-2,4-6,9-11,17H,3,7-8H2,(H,15,16). The topological polar surface area (TPSA) is 79.8 Å². The van der Waals surface area contributed by atoms with E-state index in [2.05, 4.69) is 37.7 Å². The Morgan fingerprint density at radius 2 is 2.10 bits per heavy atom. The summed E-state index contributed by atoms with van der Waals surface area (Å²) in [6, 6.07) is 10.2. The summed E-state index contributed by atoms with van der Waals surface area (Å²) < 4.78 is 28.5. The average Bonchev–Trinajstić information content (AvgIpc) is 3.14. The van der Waals surface area contributed by atoms with Gasteiger partial charge in [-0.2, -0.15) is 5.10 Å². The van der Waals surface area contributed by atoms with E-state index < -0.39 is 10.0 Å². The van der Waals surface area contributed by atoms with Gasteiger partial charge in [-0.1, -0.05) is 18.2 Å². The van der Waals surface area contributed by atoms with Crippen LogP contribution < -0.4 is 4.72 Å². The number of hydrogen-bond acceptors (Lipinski definition) is 3. The number of para-hydroxylation sites is 1. The first kappa shape index (κ1) is 13.8. The number of rotatable bonds is 6. The quantitative estimate of drug-likeness (QED) is 0.681. The van der Waals surface area contributed by atoms with Crippen molar-refractivity contribution in [2.24, 2.45) is 0 Å². The summed E-state index contributed by atoms with van der Waals surface area (Å²) in [6.07, 6.45) is 5.40. The molecule has 3 rings (SSSR count). The van der Waals surface area contributed by atoms with E-state index >= 15 is 0 Å². The molecule has 7 heteroatoms. The summed E-state index contributed by atoms with van der Waals surface area (Å²) >= 11 is 0. The first-order valence-electron chi connectivity index (χ1n) is 6.69. The van der Waals surface area contributed by atoms with Gasteiger partial charge in [0, 0.05) is 31.0 Å². The molecule has 0 spiro atoms. The van der Waals surface area contributed by atoms with Gasteiger partial charge in [0.05, 0.1) is 6.20 Å². The minimum absolute atomic E-state index is 0.161. The fourth-order valence-corrected chi connectivity index (χ4v) is 3.24. The van der Waals surface area contributed by atoms with Crippen molar-refractivity contribution < 1.29 is 8.42 Å². The zero-order chi connectivity index (χ0) is 14.7. The summed E-state index contributed by atoms with van der Waals surface area (Å²) in [4.78, 5) is 0.161. The molecule has 0 saturated heterocycles. The van der Waals surface area contributed by atoms with Crippen molar-refractivity contribution in [1.82, 2.24) is 19.5 Å². The first-order chi connectivity index (χ1) is 10.2. The van der Waals surface area contributed by atoms with E-state index in [9.17, 15) is 8.42 Å². The van der Waals surface area contributed by atoms with Crippen molar-refractivity contribution in [3.63, 3.8) is 0 Å². The van der Waals surface area contributed by atoms with E-state index in [1.807, 2.05) is 18.3 Å². The van der Waals surface area contributed by atoms with Crippen molar-refractivity contribution in [2.45, 2.75) is 17.9 Å². The maximum absolute atomic E-state index is 11.9. The van der Waals surface area contributed by atoms with Crippen LogP contribution in [-0.2, 0) is 16.6 Å². The van der Waals surface area contributed by atoms with Crippen LogP contribution in [0.4, 0.5) is 0 Å². The molecular formula is C14H16N4O2S. The predicted molar refractivity (Wildman–Crippen MR) is 80.3 cm³/mol. The van der Waals surface area contributed by atoms with Gasteiger partial charge < -0.3 is 4.57 Å². The molecule has 110 valence electrons. The number of benzene rings is 1. The Labute approximate surface area is 122 Å². The van der Waals surface area contributed by atoms with Crippen molar-refractivity contribution >= 4 is 20.9 Å². The van der Waals surface area contributed by atoms with Gasteiger partial charge in [-0.25, -0.2) is 13.1 Å². The third-order valence-corrected chi connectivity index (χ3v) is 4.76. The Bertz CT molecular complexity index is 822. The summed E-state index contributed by atoms with van der Waals surface area (Å²) in [7, 11) is -3.45. The lowest BCUT2D eigenvalue weighted by Gasteiger charge is -2.07. The Morgan fingerprint density at radius 1 is 1.24 bits per heavy atom. The summed E-state index contributed by atoms with van der Waals surface area (Å²) in [5.74, 6) is 0. The van der Waals surface area contributed by atoms with Crippen molar-refractivity contribution in [3.05, 3.63) is 48.9 Å². The van der Waals surface area contributed by atoms with Crippen LogP contribution in [0.2, 0.25) is 0 Å². The second-order valence-electron chi connectivity index (χ2n) is 4.75. The molecule has 0 amide bonds. The summed E-state index contributed by atoms with van der Waals surface area (Å²) in [5.41, 5.74) is 1.16. The number of aromatic nitrogens is 3. The van der Waals surface area contributed by atoms with Gasteiger partial charge in [0.2, 0.25) is 10.0 Å². The molecule has 6 nitrogen and oxygen atoms in total. The molecule has 2 N–H and O–H groups in total. The molecule has 0 aliphatic rings. The van der Waals surface area contributed by atoms with Gasteiger partial charge in [-0.05, 0) is 23.9 Å². The second-order valence-corrected chi connectivity index (χ2v) is 6.52. The Hall–Kier alpha value is -2.12. The summed E-state index contributed by atoms with van der Waals surface area (Å²) in [6.45, 7) is 1.15. The molecule has 0 aliphatic heterocycles. The third kappa shape index (κ3) is 2.98. The fourth-order valence-electron chi connectivity index (χ4n) is 2.26. The number of sulfonamides is 1. The van der Waals surface area contributed by atoms with Gasteiger partial charge in [0.15, 0.2) is 0 Å². The van der Waals surface area contributed by atoms with Gasteiger partial charge >= 0.3 is 0 Å². The summed E-state index contributed by atoms with van der Waals surface area (Å²) in [5, 5.41) is 7.33. The van der Waals surface area contributed by atoms with E-state index in [1.54, 1.807) is 0 Å². The monoisotopic (exact) mass is 304 g/mol. The average molecular weight is 304 g/mol. The van der Waals surface area contributed by atoms with Crippen LogP contribution in [0.3, 0.4) is 0 Å². The molecule has 0 atom stereocenters. The Morgan fingerprint density at radius 3 is 2.90 bits per heavy atom. The normalized spacial score (nSPS) is 12.0. The van der Waals surface area contributed by atoms with E-state index in [1.165, 1.54) is 17.8 Å². The largest absolute Gasteiger partial charge is 0.347 e. The molecule has 0 saturated carbocycles. The molecule has 0 unspecified atom stereocenters. The number of H-pyrrole nitrogens is 1. The number of hydrogen-bond donors (Lipinski definition) is 2. The molecule has 0 bridgehead atoms. The van der Waals surface area contributed by atoms with Crippen LogP contribution in [0.25, 0.3) is 10.9 Å². The van der Waals surface area contributed by atoms with Crippen LogP contribution >= 0.6 is 0 Å². The minimum Gasteiger partial charge on any atom is -0.347 e. The molecule has 0 radical (unpaired) electrons. The lowest BCUT2D eigenvalue weighted by molar-refractivity contribution is 0.572. The Kier molecular flexibility index (Phi) is 3.76. The highest BCUT2D eigenvalue weighted by Gasteiger charge is 2.13. The van der Waals surface area contributed by atoms with E-state index in [4.69, 9.17) is 0 Å². The predicted octanol–water partition coefficient (Wildman–Crippen LogP) is 1.73. The number of aromatic amines is 1. The zero-order valence-electron chi connectivity index (χ0n) is 11.4. The number of nitrogens with zero attached hydrogens (tertiary/aromatic N) is 2. The maximum Gasteiger partial charge on any atom is 0.243 e. The van der Waals surface area contributed by atoms with Crippen molar-refractivity contribution in [2.75, 3.05) is 6.54 Å². The van der Waals surface area contributed by atoms with Gasteiger partial charge in [-0.15, -0.1) is 0 Å². The van der Waals surface area contributed by atoms with Crippen LogP contribution in [0.5, 0.6) is 0 Å². The molecule has 3 aromatic rings. The number of fused-ring (bicyclic) bond motifs is 1. The van der Waals surface area contributed by atoms with Crippen LogP contribution in [0.15, 0.2) is 53.8 Å². The highest BCUT2D eigenvalue weighted by molar-refractivity contribution is 7.89. The first-order valence-corrected chi connectivity index (χ1v) is 8.17. The van der Waals surface area contributed by atoms with Gasteiger partial charge in [-0.3, -0.25) is 5.10 Å². The second kappa shape index (κ2) is 5.71. The zero-order valence-corrected chi connectivity index (χ0v) is 12.2. The molecular weight excluding hydrogens is 288 g/mol. The van der Waals surface area contributed by atoms with E-state index in [0.29, 0.717) is 6.54 Å². The highest BCUT2D eigenvalue weighted by atomic mass is 32.2. The Balaban J connectivity index is 1.57. The van der Waals surface area contributed by atoms with E-state index in [0.717, 1.165) is 18.5 Å². The number of aryl methyl sites for hydroxylation is 1. The van der Waals surface area contributed by atoms with Gasteiger partial charge in [0.25, 0.3) is 0 Å². The molecule has 0 aliphatic carbocycles. The van der Waals surface area contributed by atoms with Crippen LogP contribution in [0, 0.1) is 0 Å². The number of nitrogens with one attached hydrogen (secondary N) is 2. The van der Waals surface area contributed by atoms with Crippen LogP contribution in [0.1, 0.15) is 6.42 Å². The maximum atomic E-state index is 11.9. The molecule has 21 heavy (non-hydrogen) atoms. The van der Waals surface area contributed by atoms with Crippen molar-refractivity contribution in [3.8, 4) is 0 Å². The lowest BCUT2D eigenvalue weighted by Crippen LogP contribution is -2.25.